The van der Waals surface area contributed by atoms with Gasteiger partial charge in [-0.05, 0) is 0 Å². The number of rotatable bonds is 1. The van der Waals surface area contributed by atoms with Gasteiger partial charge in [-0.1, -0.05) is 0 Å². The fourth-order valence-corrected chi connectivity index (χ4v) is 4.64. The summed E-state index contributed by atoms with van der Waals surface area (Å²) in [6.07, 6.45) is 0. The fourth-order valence-electron chi connectivity index (χ4n) is 1.88. The van der Waals surface area contributed by atoms with Gasteiger partial charge in [0.2, 0.25) is 0 Å². The van der Waals surface area contributed by atoms with E-state index in [4.69, 9.17) is 0 Å². The molecule has 0 aromatic heterocycles. The summed E-state index contributed by atoms with van der Waals surface area (Å²) in [5.41, 5.74) is 0.916. The number of carbonyl (C=O) groups is 1. The minimum absolute atomic E-state index is 0.323. The summed E-state index contributed by atoms with van der Waals surface area (Å²) in [4.78, 5) is 12.2. The summed E-state index contributed by atoms with van der Waals surface area (Å²) in [5, 5.41) is 0. The van der Waals surface area contributed by atoms with Gasteiger partial charge in [-0.2, -0.15) is 0 Å². The van der Waals surface area contributed by atoms with Crippen molar-refractivity contribution in [2.24, 2.45) is 0 Å². The molecule has 2 aromatic rings. The molecular weight excluding hydrogens is 300 g/mol. The van der Waals surface area contributed by atoms with E-state index in [1.54, 1.807) is 24.3 Å². The molecule has 90 valence electrons. The van der Waals surface area contributed by atoms with E-state index in [0.29, 0.717) is 15.7 Å². The van der Waals surface area contributed by atoms with E-state index < -0.39 is 19.9 Å². The predicted octanol–water partition coefficient (Wildman–Crippen LogP) is 1.61. The van der Waals surface area contributed by atoms with E-state index in [1.165, 1.54) is 22.1 Å². The molecular formula is C13H8FNO2Se. The van der Waals surface area contributed by atoms with Gasteiger partial charge in [0.15, 0.2) is 0 Å². The van der Waals surface area contributed by atoms with Crippen molar-refractivity contribution in [1.29, 1.82) is 0 Å². The zero-order valence-corrected chi connectivity index (χ0v) is 10.9. The van der Waals surface area contributed by atoms with Crippen LogP contribution in [0, 0.1) is 5.82 Å². The normalized spacial score (nSPS) is 17.9. The molecule has 1 aliphatic rings. The third-order valence-electron chi connectivity index (χ3n) is 2.70. The average molecular weight is 308 g/mol. The van der Waals surface area contributed by atoms with Crippen molar-refractivity contribution in [2.45, 2.75) is 0 Å². The van der Waals surface area contributed by atoms with Gasteiger partial charge < -0.3 is 0 Å². The van der Waals surface area contributed by atoms with Crippen molar-refractivity contribution in [3.05, 3.63) is 59.9 Å². The van der Waals surface area contributed by atoms with Crippen molar-refractivity contribution in [1.82, 2.24) is 0 Å². The molecule has 1 heterocycles. The molecule has 1 aliphatic heterocycles. The molecule has 2 aromatic carbocycles. The average Bonchev–Trinajstić information content (AvgIpc) is 2.63. The van der Waals surface area contributed by atoms with Crippen molar-refractivity contribution < 1.29 is 13.0 Å². The van der Waals surface area contributed by atoms with Gasteiger partial charge in [0.25, 0.3) is 0 Å². The summed E-state index contributed by atoms with van der Waals surface area (Å²) < 4.78 is 27.0. The molecule has 1 unspecified atom stereocenters. The fraction of sp³-hybridized carbons (Fsp3) is 0. The molecule has 0 saturated heterocycles. The van der Waals surface area contributed by atoms with Crippen LogP contribution in [-0.4, -0.2) is 20.0 Å². The first-order valence-corrected chi connectivity index (χ1v) is 7.61. The Hall–Kier alpha value is -1.84. The first-order chi connectivity index (χ1) is 8.68. The second kappa shape index (κ2) is 4.12. The van der Waals surface area contributed by atoms with E-state index >= 15 is 0 Å². The number of benzene rings is 2. The molecule has 0 N–H and O–H groups in total. The number of hydrogen-bond acceptors (Lipinski definition) is 2. The second-order valence-corrected chi connectivity index (χ2v) is 6.56. The van der Waals surface area contributed by atoms with Crippen molar-refractivity contribution >= 4 is 30.1 Å². The Labute approximate surface area is 107 Å². The minimum atomic E-state index is -2.73. The topological polar surface area (TPSA) is 37.4 Å². The van der Waals surface area contributed by atoms with Crippen LogP contribution >= 0.6 is 0 Å². The van der Waals surface area contributed by atoms with Gasteiger partial charge in [-0.15, -0.1) is 0 Å². The zero-order valence-electron chi connectivity index (χ0n) is 9.17. The van der Waals surface area contributed by atoms with E-state index in [2.05, 4.69) is 0 Å². The van der Waals surface area contributed by atoms with Crippen LogP contribution in [0.4, 0.5) is 10.1 Å². The molecule has 1 amide bonds. The number of halogens is 1. The Morgan fingerprint density at radius 2 is 1.78 bits per heavy atom. The molecule has 0 radical (unpaired) electrons. The van der Waals surface area contributed by atoms with Crippen LogP contribution in [0.2, 0.25) is 0 Å². The van der Waals surface area contributed by atoms with Crippen LogP contribution < -0.4 is 8.38 Å². The van der Waals surface area contributed by atoms with E-state index in [1.807, 2.05) is 6.07 Å². The van der Waals surface area contributed by atoms with Crippen molar-refractivity contribution in [3.63, 3.8) is 0 Å². The van der Waals surface area contributed by atoms with Gasteiger partial charge in [0, 0.05) is 0 Å². The Morgan fingerprint density at radius 3 is 2.50 bits per heavy atom. The predicted molar refractivity (Wildman–Crippen MR) is 65.7 cm³/mol. The SMILES string of the molecule is O=C1c2ccc(F)cc2[Se](=O)N1c1ccccc1. The summed E-state index contributed by atoms with van der Waals surface area (Å²) in [5.74, 6) is -0.794. The Balaban J connectivity index is 2.13. The maximum absolute atomic E-state index is 13.1. The van der Waals surface area contributed by atoms with Crippen LogP contribution in [0.25, 0.3) is 0 Å². The Bertz CT molecular complexity index is 657. The molecule has 0 bridgehead atoms. The molecule has 3 rings (SSSR count). The molecule has 0 saturated carbocycles. The molecule has 5 heteroatoms. The van der Waals surface area contributed by atoms with E-state index in [-0.39, 0.29) is 5.91 Å². The quantitative estimate of drug-likeness (QED) is 0.751. The number of amides is 1. The number of hydrogen-bond donors (Lipinski definition) is 0. The summed E-state index contributed by atoms with van der Waals surface area (Å²) in [6.45, 7) is 0. The summed E-state index contributed by atoms with van der Waals surface area (Å²) >= 11 is -2.73. The van der Waals surface area contributed by atoms with Crippen LogP contribution in [-0.2, 0) is 3.83 Å². The van der Waals surface area contributed by atoms with Gasteiger partial charge in [0.05, 0.1) is 0 Å². The van der Waals surface area contributed by atoms with Gasteiger partial charge >= 0.3 is 107 Å². The van der Waals surface area contributed by atoms with Crippen LogP contribution in [0.1, 0.15) is 10.4 Å². The third kappa shape index (κ3) is 1.60. The molecule has 0 spiro atoms. The van der Waals surface area contributed by atoms with E-state index in [9.17, 15) is 13.0 Å². The van der Waals surface area contributed by atoms with Gasteiger partial charge in [-0.25, -0.2) is 0 Å². The van der Waals surface area contributed by atoms with Gasteiger partial charge in [-0.3, -0.25) is 0 Å². The third-order valence-corrected chi connectivity index (χ3v) is 5.69. The monoisotopic (exact) mass is 309 g/mol. The number of nitrogens with zero attached hydrogens (tertiary/aromatic N) is 1. The molecule has 0 fully saturated rings. The van der Waals surface area contributed by atoms with Crippen LogP contribution in [0.5, 0.6) is 0 Å². The number of anilines is 1. The molecule has 18 heavy (non-hydrogen) atoms. The summed E-state index contributed by atoms with van der Waals surface area (Å²) in [6, 6.07) is 12.6. The van der Waals surface area contributed by atoms with E-state index in [0.717, 1.165) is 0 Å². The van der Waals surface area contributed by atoms with Crippen LogP contribution in [0.3, 0.4) is 0 Å². The number of fused-ring (bicyclic) bond motifs is 1. The first kappa shape index (κ1) is 11.3. The molecule has 0 aliphatic carbocycles. The molecule has 3 nitrogen and oxygen atoms in total. The second-order valence-electron chi connectivity index (χ2n) is 3.82. The zero-order chi connectivity index (χ0) is 12.7. The Kier molecular flexibility index (Phi) is 2.58. The number of carbonyl (C=O) groups excluding carboxylic acids is 1. The maximum atomic E-state index is 13.1. The van der Waals surface area contributed by atoms with Crippen molar-refractivity contribution in [2.75, 3.05) is 3.92 Å². The van der Waals surface area contributed by atoms with Crippen molar-refractivity contribution in [3.8, 4) is 0 Å². The Morgan fingerprint density at radius 1 is 1.06 bits per heavy atom. The number of para-hydroxylation sites is 1. The summed E-state index contributed by atoms with van der Waals surface area (Å²) in [7, 11) is 0. The van der Waals surface area contributed by atoms with Crippen LogP contribution in [0.15, 0.2) is 48.5 Å². The standard InChI is InChI=1S/C13H8FNO2Se/c14-9-6-7-11-12(8-9)18(17)15(13(11)16)10-4-2-1-3-5-10/h1-8H. The first-order valence-electron chi connectivity index (χ1n) is 5.29. The van der Waals surface area contributed by atoms with Gasteiger partial charge in [0.1, 0.15) is 0 Å². The molecule has 1 atom stereocenters.